The molecule has 3 aromatic carbocycles. The maximum absolute atomic E-state index is 14.5. The van der Waals surface area contributed by atoms with Crippen LogP contribution in [-0.4, -0.2) is 10.4 Å². The van der Waals surface area contributed by atoms with Crippen LogP contribution in [0.2, 0.25) is 0 Å². The number of aromatic nitrogens is 1. The zero-order valence-electron chi connectivity index (χ0n) is 17.2. The van der Waals surface area contributed by atoms with Gasteiger partial charge >= 0.3 is 0 Å². The third-order valence-electron chi connectivity index (χ3n) is 5.14. The molecule has 0 spiro atoms. The third kappa shape index (κ3) is 3.78. The van der Waals surface area contributed by atoms with Gasteiger partial charge in [0, 0.05) is 35.3 Å². The molecule has 0 atom stereocenters. The lowest BCUT2D eigenvalue weighted by Gasteiger charge is -2.16. The summed E-state index contributed by atoms with van der Waals surface area (Å²) in [5.41, 5.74) is 2.32. The van der Waals surface area contributed by atoms with Gasteiger partial charge in [0.15, 0.2) is 17.3 Å². The van der Waals surface area contributed by atoms with Crippen LogP contribution >= 0.6 is 0 Å². The quantitative estimate of drug-likeness (QED) is 0.306. The number of allylic oxidation sites excluding steroid dienone is 1. The monoisotopic (exact) mass is 413 g/mol. The van der Waals surface area contributed by atoms with E-state index < -0.39 is 5.82 Å². The Kier molecular flexibility index (Phi) is 5.26. The maximum Gasteiger partial charge on any atom is 0.258 e. The number of hydrogen-bond acceptors (Lipinski definition) is 3. The molecule has 4 aromatic rings. The summed E-state index contributed by atoms with van der Waals surface area (Å²) in [6.07, 6.45) is 2.93. The third-order valence-corrected chi connectivity index (χ3v) is 5.14. The zero-order chi connectivity index (χ0) is 22.1. The summed E-state index contributed by atoms with van der Waals surface area (Å²) in [6.45, 7) is 5.35. The number of hydrogen-bond donors (Lipinski definition) is 0. The lowest BCUT2D eigenvalue weighted by Crippen LogP contribution is -2.16. The lowest BCUT2D eigenvalue weighted by atomic mass is 9.97. The number of nitrogens with zero attached hydrogens (tertiary/aromatic N) is 1. The molecule has 31 heavy (non-hydrogen) atoms. The standard InChI is InChI=1S/C26H20FNO3/c1-4-23(29)17-10-12-24(31-25-11-9-16(2)13-22(25)27)20(14-17)21-15-28(3)26(30)19-8-6-5-7-18(19)21/h4-15H,1H2,2-3H3. The van der Waals surface area contributed by atoms with Gasteiger partial charge < -0.3 is 9.30 Å². The molecule has 0 unspecified atom stereocenters. The van der Waals surface area contributed by atoms with Crippen molar-refractivity contribution in [1.82, 2.24) is 4.57 Å². The molecule has 0 N–H and O–H groups in total. The molecule has 0 aliphatic heterocycles. The van der Waals surface area contributed by atoms with Crippen LogP contribution in [0.15, 0.2) is 84.3 Å². The van der Waals surface area contributed by atoms with Crippen LogP contribution in [-0.2, 0) is 7.05 Å². The lowest BCUT2D eigenvalue weighted by molar-refractivity contribution is 0.104. The van der Waals surface area contributed by atoms with Crippen LogP contribution < -0.4 is 10.3 Å². The SMILES string of the molecule is C=CC(=O)c1ccc(Oc2ccc(C)cc2F)c(-c2cn(C)c(=O)c3ccccc23)c1. The summed E-state index contributed by atoms with van der Waals surface area (Å²) in [5, 5.41) is 1.25. The Bertz CT molecular complexity index is 1400. The molecule has 5 heteroatoms. The molecule has 0 saturated carbocycles. The first kappa shape index (κ1) is 20.3. The Labute approximate surface area is 178 Å². The van der Waals surface area contributed by atoms with Gasteiger partial charge in [-0.2, -0.15) is 0 Å². The number of rotatable bonds is 5. The van der Waals surface area contributed by atoms with E-state index in [1.807, 2.05) is 12.1 Å². The van der Waals surface area contributed by atoms with Gasteiger partial charge in [-0.15, -0.1) is 0 Å². The summed E-state index contributed by atoms with van der Waals surface area (Å²) in [7, 11) is 1.66. The second-order valence-electron chi connectivity index (χ2n) is 7.32. The molecule has 4 rings (SSSR count). The predicted molar refractivity (Wildman–Crippen MR) is 120 cm³/mol. The molecule has 0 radical (unpaired) electrons. The Morgan fingerprint density at radius 1 is 1.00 bits per heavy atom. The van der Waals surface area contributed by atoms with Crippen LogP contribution in [0.4, 0.5) is 4.39 Å². The van der Waals surface area contributed by atoms with Crippen molar-refractivity contribution < 1.29 is 13.9 Å². The van der Waals surface area contributed by atoms with E-state index in [9.17, 15) is 14.0 Å². The van der Waals surface area contributed by atoms with E-state index in [1.54, 1.807) is 62.6 Å². The average molecular weight is 413 g/mol. The Morgan fingerprint density at radius 2 is 1.71 bits per heavy atom. The molecule has 0 fully saturated rings. The number of carbonyl (C=O) groups excluding carboxylic acids is 1. The average Bonchev–Trinajstić information content (AvgIpc) is 2.78. The Morgan fingerprint density at radius 3 is 2.42 bits per heavy atom. The first-order valence-electron chi connectivity index (χ1n) is 9.72. The van der Waals surface area contributed by atoms with Crippen molar-refractivity contribution in [2.45, 2.75) is 6.92 Å². The van der Waals surface area contributed by atoms with Crippen molar-refractivity contribution in [3.05, 3.63) is 107 Å². The van der Waals surface area contributed by atoms with Crippen molar-refractivity contribution in [2.75, 3.05) is 0 Å². The fraction of sp³-hybridized carbons (Fsp3) is 0.0769. The van der Waals surface area contributed by atoms with Crippen LogP contribution in [0.5, 0.6) is 11.5 Å². The minimum absolute atomic E-state index is 0.0729. The Hall–Kier alpha value is -3.99. The number of ketones is 1. The largest absolute Gasteiger partial charge is 0.454 e. The van der Waals surface area contributed by atoms with E-state index in [4.69, 9.17) is 4.74 Å². The van der Waals surface area contributed by atoms with Gasteiger partial charge in [-0.25, -0.2) is 4.39 Å². The molecule has 0 aliphatic carbocycles. The summed E-state index contributed by atoms with van der Waals surface area (Å²) < 4.78 is 21.9. The van der Waals surface area contributed by atoms with Crippen molar-refractivity contribution >= 4 is 16.6 Å². The Balaban J connectivity index is 1.99. The summed E-state index contributed by atoms with van der Waals surface area (Å²) in [6, 6.07) is 16.9. The van der Waals surface area contributed by atoms with Gasteiger partial charge in [0.2, 0.25) is 0 Å². The van der Waals surface area contributed by atoms with E-state index in [2.05, 4.69) is 6.58 Å². The molecular formula is C26H20FNO3. The van der Waals surface area contributed by atoms with E-state index in [0.29, 0.717) is 33.2 Å². The molecule has 1 aromatic heterocycles. The van der Waals surface area contributed by atoms with Gasteiger partial charge in [-0.05, 0) is 60.3 Å². The zero-order valence-corrected chi connectivity index (χ0v) is 17.2. The van der Waals surface area contributed by atoms with Crippen LogP contribution in [0.3, 0.4) is 0 Å². The van der Waals surface area contributed by atoms with E-state index in [1.165, 1.54) is 16.7 Å². The fourth-order valence-electron chi connectivity index (χ4n) is 3.54. The van der Waals surface area contributed by atoms with Gasteiger partial charge in [0.05, 0.1) is 0 Å². The number of pyridine rings is 1. The first-order chi connectivity index (χ1) is 14.9. The van der Waals surface area contributed by atoms with Gasteiger partial charge in [-0.1, -0.05) is 30.8 Å². The minimum Gasteiger partial charge on any atom is -0.454 e. The second kappa shape index (κ2) is 8.03. The molecular weight excluding hydrogens is 393 g/mol. The fourth-order valence-corrected chi connectivity index (χ4v) is 3.54. The molecule has 1 heterocycles. The number of halogens is 1. The highest BCUT2D eigenvalue weighted by Gasteiger charge is 2.17. The summed E-state index contributed by atoms with van der Waals surface area (Å²) in [4.78, 5) is 24.9. The van der Waals surface area contributed by atoms with Gasteiger partial charge in [-0.3, -0.25) is 9.59 Å². The van der Waals surface area contributed by atoms with Crippen LogP contribution in [0.1, 0.15) is 15.9 Å². The molecule has 4 nitrogen and oxygen atoms in total. The maximum atomic E-state index is 14.5. The normalized spacial score (nSPS) is 10.8. The smallest absolute Gasteiger partial charge is 0.258 e. The topological polar surface area (TPSA) is 48.3 Å². The van der Waals surface area contributed by atoms with Crippen molar-refractivity contribution in [3.8, 4) is 22.6 Å². The number of aryl methyl sites for hydroxylation is 2. The highest BCUT2D eigenvalue weighted by molar-refractivity contribution is 6.06. The minimum atomic E-state index is -0.484. The summed E-state index contributed by atoms with van der Waals surface area (Å²) in [5.74, 6) is -0.290. The molecule has 0 saturated heterocycles. The molecule has 0 bridgehead atoms. The number of fused-ring (bicyclic) bond motifs is 1. The number of benzene rings is 3. The van der Waals surface area contributed by atoms with E-state index in [0.717, 1.165) is 5.56 Å². The highest BCUT2D eigenvalue weighted by atomic mass is 19.1. The van der Waals surface area contributed by atoms with Gasteiger partial charge in [0.25, 0.3) is 5.56 Å². The first-order valence-corrected chi connectivity index (χ1v) is 9.72. The molecule has 154 valence electrons. The predicted octanol–water partition coefficient (Wildman–Crippen LogP) is 5.81. The number of ether oxygens (including phenoxy) is 1. The second-order valence-corrected chi connectivity index (χ2v) is 7.32. The van der Waals surface area contributed by atoms with Crippen LogP contribution in [0, 0.1) is 12.7 Å². The van der Waals surface area contributed by atoms with E-state index >= 15 is 0 Å². The molecule has 0 amide bonds. The number of carbonyl (C=O) groups is 1. The van der Waals surface area contributed by atoms with Crippen molar-refractivity contribution in [3.63, 3.8) is 0 Å². The molecule has 0 aliphatic rings. The summed E-state index contributed by atoms with van der Waals surface area (Å²) >= 11 is 0. The van der Waals surface area contributed by atoms with Gasteiger partial charge in [0.1, 0.15) is 5.75 Å². The highest BCUT2D eigenvalue weighted by Crippen LogP contribution is 2.38. The van der Waals surface area contributed by atoms with Crippen LogP contribution in [0.25, 0.3) is 21.9 Å². The van der Waals surface area contributed by atoms with E-state index in [-0.39, 0.29) is 17.1 Å². The van der Waals surface area contributed by atoms with Crippen molar-refractivity contribution in [2.24, 2.45) is 7.05 Å². The van der Waals surface area contributed by atoms with Crippen molar-refractivity contribution in [1.29, 1.82) is 0 Å².